The van der Waals surface area contributed by atoms with E-state index in [1.165, 1.54) is 12.1 Å². The Labute approximate surface area is 158 Å². The number of carbonyl (C=O) groups is 1. The number of urea groups is 1. The standard InChI is InChI=1S/C20H21FN2O3S/c1-2-14-6-8-17(9-7-14)23-19-13-27(25,26)12-18(19)22(20(23)24)11-15-4-3-5-16(21)10-15/h3-10,18-19H,2,11-13H2,1H3/t18-,19+/m1/s1. The molecule has 0 saturated carbocycles. The number of nitrogens with zero attached hydrogens (tertiary/aromatic N) is 2. The summed E-state index contributed by atoms with van der Waals surface area (Å²) in [6, 6.07) is 12.6. The summed E-state index contributed by atoms with van der Waals surface area (Å²) in [4.78, 5) is 16.3. The molecule has 0 spiro atoms. The molecule has 2 fully saturated rings. The Balaban J connectivity index is 1.69. The molecular weight excluding hydrogens is 367 g/mol. The van der Waals surface area contributed by atoms with Crippen LogP contribution in [-0.2, 0) is 22.8 Å². The van der Waals surface area contributed by atoms with Gasteiger partial charge in [-0.1, -0.05) is 31.2 Å². The Hall–Kier alpha value is -2.41. The summed E-state index contributed by atoms with van der Waals surface area (Å²) in [7, 11) is -3.23. The van der Waals surface area contributed by atoms with Crippen LogP contribution >= 0.6 is 0 Å². The lowest BCUT2D eigenvalue weighted by Gasteiger charge is -2.23. The van der Waals surface area contributed by atoms with Crippen LogP contribution < -0.4 is 4.90 Å². The van der Waals surface area contributed by atoms with Crippen molar-refractivity contribution in [2.45, 2.75) is 32.0 Å². The average molecular weight is 388 g/mol. The molecule has 27 heavy (non-hydrogen) atoms. The molecule has 2 aliphatic heterocycles. The van der Waals surface area contributed by atoms with Crippen molar-refractivity contribution in [3.8, 4) is 0 Å². The molecule has 142 valence electrons. The molecule has 2 amide bonds. The van der Waals surface area contributed by atoms with Gasteiger partial charge in [-0.3, -0.25) is 4.90 Å². The Morgan fingerprint density at radius 2 is 1.74 bits per heavy atom. The molecule has 2 aromatic carbocycles. The van der Waals surface area contributed by atoms with Gasteiger partial charge in [0.25, 0.3) is 0 Å². The summed E-state index contributed by atoms with van der Waals surface area (Å²) in [5.41, 5.74) is 2.50. The van der Waals surface area contributed by atoms with Crippen LogP contribution in [0.2, 0.25) is 0 Å². The molecule has 2 aromatic rings. The molecule has 4 rings (SSSR count). The van der Waals surface area contributed by atoms with Gasteiger partial charge >= 0.3 is 6.03 Å². The molecule has 0 bridgehead atoms. The topological polar surface area (TPSA) is 57.7 Å². The number of amides is 2. The van der Waals surface area contributed by atoms with Gasteiger partial charge < -0.3 is 4.90 Å². The number of aryl methyl sites for hydroxylation is 1. The van der Waals surface area contributed by atoms with Crippen LogP contribution in [0, 0.1) is 5.82 Å². The van der Waals surface area contributed by atoms with E-state index in [9.17, 15) is 17.6 Å². The predicted octanol–water partition coefficient (Wildman–Crippen LogP) is 3.00. The Morgan fingerprint density at radius 3 is 2.41 bits per heavy atom. The van der Waals surface area contributed by atoms with Gasteiger partial charge in [-0.2, -0.15) is 0 Å². The third-order valence-electron chi connectivity index (χ3n) is 5.34. The van der Waals surface area contributed by atoms with E-state index < -0.39 is 21.9 Å². The van der Waals surface area contributed by atoms with Crippen molar-refractivity contribution in [3.05, 3.63) is 65.5 Å². The fourth-order valence-corrected chi connectivity index (χ4v) is 5.94. The third kappa shape index (κ3) is 3.32. The Kier molecular flexibility index (Phi) is 4.42. The molecule has 7 heteroatoms. The van der Waals surface area contributed by atoms with Crippen molar-refractivity contribution in [3.63, 3.8) is 0 Å². The fraction of sp³-hybridized carbons (Fsp3) is 0.350. The van der Waals surface area contributed by atoms with Crippen molar-refractivity contribution in [2.24, 2.45) is 0 Å². The highest BCUT2D eigenvalue weighted by Crippen LogP contribution is 2.36. The summed E-state index contributed by atoms with van der Waals surface area (Å²) < 4.78 is 38.0. The largest absolute Gasteiger partial charge is 0.325 e. The molecular formula is C20H21FN2O3S. The van der Waals surface area contributed by atoms with Crippen molar-refractivity contribution >= 4 is 21.6 Å². The zero-order valence-electron chi connectivity index (χ0n) is 15.0. The molecule has 5 nitrogen and oxygen atoms in total. The van der Waals surface area contributed by atoms with Gasteiger partial charge in [0, 0.05) is 12.2 Å². The highest BCUT2D eigenvalue weighted by Gasteiger charge is 2.53. The lowest BCUT2D eigenvalue weighted by atomic mass is 10.1. The van der Waals surface area contributed by atoms with Crippen LogP contribution in [0.1, 0.15) is 18.1 Å². The smallest absolute Gasteiger partial charge is 0.314 e. The first-order valence-electron chi connectivity index (χ1n) is 9.01. The summed E-state index contributed by atoms with van der Waals surface area (Å²) in [6.45, 7) is 2.24. The van der Waals surface area contributed by atoms with Crippen molar-refractivity contribution < 1.29 is 17.6 Å². The normalized spacial score (nSPS) is 23.7. The third-order valence-corrected chi connectivity index (χ3v) is 7.04. The minimum atomic E-state index is -3.23. The monoisotopic (exact) mass is 388 g/mol. The molecule has 0 unspecified atom stereocenters. The molecule has 2 atom stereocenters. The van der Waals surface area contributed by atoms with E-state index >= 15 is 0 Å². The zero-order chi connectivity index (χ0) is 19.2. The number of sulfone groups is 1. The van der Waals surface area contributed by atoms with Crippen LogP contribution in [-0.4, -0.2) is 42.9 Å². The van der Waals surface area contributed by atoms with Gasteiger partial charge in [0.2, 0.25) is 0 Å². The number of benzene rings is 2. The molecule has 2 saturated heterocycles. The summed E-state index contributed by atoms with van der Waals surface area (Å²) in [5, 5.41) is 0. The molecule has 0 N–H and O–H groups in total. The lowest BCUT2D eigenvalue weighted by Crippen LogP contribution is -2.37. The van der Waals surface area contributed by atoms with Crippen LogP contribution in [0.3, 0.4) is 0 Å². The Morgan fingerprint density at radius 1 is 1.04 bits per heavy atom. The minimum Gasteiger partial charge on any atom is -0.314 e. The van der Waals surface area contributed by atoms with Crippen LogP contribution in [0.5, 0.6) is 0 Å². The second-order valence-corrected chi connectivity index (χ2v) is 9.30. The van der Waals surface area contributed by atoms with Crippen LogP contribution in [0.15, 0.2) is 48.5 Å². The SMILES string of the molecule is CCc1ccc(N2C(=O)N(Cc3cccc(F)c3)[C@@H]3CS(=O)(=O)C[C@@H]32)cc1. The molecule has 0 aliphatic carbocycles. The van der Waals surface area contributed by atoms with E-state index in [4.69, 9.17) is 0 Å². The number of carbonyl (C=O) groups excluding carboxylic acids is 1. The van der Waals surface area contributed by atoms with Crippen molar-refractivity contribution in [1.82, 2.24) is 4.90 Å². The summed E-state index contributed by atoms with van der Waals surface area (Å²) in [5.74, 6) is -0.470. The van der Waals surface area contributed by atoms with Crippen LogP contribution in [0.4, 0.5) is 14.9 Å². The highest BCUT2D eigenvalue weighted by atomic mass is 32.2. The van der Waals surface area contributed by atoms with E-state index in [2.05, 4.69) is 6.92 Å². The number of halogens is 1. The summed E-state index contributed by atoms with van der Waals surface area (Å²) in [6.07, 6.45) is 0.889. The van der Waals surface area contributed by atoms with E-state index in [1.54, 1.807) is 21.9 Å². The molecule has 0 aromatic heterocycles. The first-order chi connectivity index (χ1) is 12.9. The number of rotatable bonds is 4. The van der Waals surface area contributed by atoms with Gasteiger partial charge in [0.1, 0.15) is 5.82 Å². The van der Waals surface area contributed by atoms with Crippen molar-refractivity contribution in [2.75, 3.05) is 16.4 Å². The quantitative estimate of drug-likeness (QED) is 0.757. The maximum absolute atomic E-state index is 13.5. The first kappa shape index (κ1) is 18.0. The maximum Gasteiger partial charge on any atom is 0.325 e. The van der Waals surface area contributed by atoms with Crippen molar-refractivity contribution in [1.29, 1.82) is 0 Å². The van der Waals surface area contributed by atoms with Gasteiger partial charge in [-0.25, -0.2) is 17.6 Å². The second-order valence-electron chi connectivity index (χ2n) is 7.14. The van der Waals surface area contributed by atoms with Gasteiger partial charge in [-0.15, -0.1) is 0 Å². The fourth-order valence-electron chi connectivity index (χ4n) is 3.99. The van der Waals surface area contributed by atoms with E-state index in [1.807, 2.05) is 24.3 Å². The first-order valence-corrected chi connectivity index (χ1v) is 10.8. The lowest BCUT2D eigenvalue weighted by molar-refractivity contribution is 0.206. The molecule has 2 heterocycles. The number of anilines is 1. The van der Waals surface area contributed by atoms with Crippen LogP contribution in [0.25, 0.3) is 0 Å². The number of fused-ring (bicyclic) bond motifs is 1. The van der Waals surface area contributed by atoms with E-state index in [0.717, 1.165) is 12.0 Å². The van der Waals surface area contributed by atoms with Gasteiger partial charge in [0.05, 0.1) is 23.6 Å². The van der Waals surface area contributed by atoms with E-state index in [-0.39, 0.29) is 29.9 Å². The minimum absolute atomic E-state index is 0.0431. The second kappa shape index (κ2) is 6.64. The number of hydrogen-bond acceptors (Lipinski definition) is 3. The molecule has 2 aliphatic rings. The maximum atomic E-state index is 13.5. The summed E-state index contributed by atoms with van der Waals surface area (Å²) >= 11 is 0. The van der Waals surface area contributed by atoms with Gasteiger partial charge in [-0.05, 0) is 41.8 Å². The Bertz CT molecular complexity index is 975. The zero-order valence-corrected chi connectivity index (χ0v) is 15.8. The molecule has 0 radical (unpaired) electrons. The predicted molar refractivity (Wildman–Crippen MR) is 102 cm³/mol. The highest BCUT2D eigenvalue weighted by molar-refractivity contribution is 7.91. The van der Waals surface area contributed by atoms with E-state index in [0.29, 0.717) is 11.3 Å². The number of hydrogen-bond donors (Lipinski definition) is 0. The van der Waals surface area contributed by atoms with Gasteiger partial charge in [0.15, 0.2) is 9.84 Å². The average Bonchev–Trinajstić information content (AvgIpc) is 3.06.